The lowest BCUT2D eigenvalue weighted by Gasteiger charge is -2.02. The van der Waals surface area contributed by atoms with Crippen molar-refractivity contribution in [2.24, 2.45) is 0 Å². The van der Waals surface area contributed by atoms with Gasteiger partial charge in [0.15, 0.2) is 12.5 Å². The average Bonchev–Trinajstić information content (AvgIpc) is 1.83. The largest absolute Gasteiger partial charge is 0.437 e. The van der Waals surface area contributed by atoms with Crippen molar-refractivity contribution in [1.29, 1.82) is 0 Å². The lowest BCUT2D eigenvalue weighted by molar-refractivity contribution is -0.111. The quantitative estimate of drug-likeness (QED) is 0.390. The van der Waals surface area contributed by atoms with Crippen LogP contribution in [0.2, 0.25) is 6.82 Å². The van der Waals surface area contributed by atoms with Crippen molar-refractivity contribution >= 4 is 13.3 Å². The lowest BCUT2D eigenvalue weighted by Crippen LogP contribution is -2.35. The van der Waals surface area contributed by atoms with Gasteiger partial charge in [0.25, 0.3) is 0 Å². The summed E-state index contributed by atoms with van der Waals surface area (Å²) in [4.78, 5) is 9.62. The van der Waals surface area contributed by atoms with Gasteiger partial charge in [-0.3, -0.25) is 0 Å². The number of halogens is 1. The molecule has 3 nitrogen and oxygen atoms in total. The topological polar surface area (TPSA) is 49.3 Å². The molecule has 52 valence electrons. The van der Waals surface area contributed by atoms with Crippen molar-refractivity contribution < 1.29 is 14.2 Å². The standard InChI is InChI=1S/C4H9BFNO2/c1-5(9)7-2-4(6)3-8/h3-4,7,9H,2H2,1H3/t4-/m1/s1. The fraction of sp³-hybridized carbons (Fsp3) is 0.750. The molecule has 0 aromatic carbocycles. The van der Waals surface area contributed by atoms with Gasteiger partial charge in [0.05, 0.1) is 0 Å². The maximum Gasteiger partial charge on any atom is 0.373 e. The summed E-state index contributed by atoms with van der Waals surface area (Å²) in [6.07, 6.45) is -1.32. The fourth-order valence-electron chi connectivity index (χ4n) is 0.331. The van der Waals surface area contributed by atoms with Gasteiger partial charge in [-0.15, -0.1) is 0 Å². The normalized spacial score (nSPS) is 12.8. The van der Waals surface area contributed by atoms with Gasteiger partial charge < -0.3 is 15.0 Å². The van der Waals surface area contributed by atoms with Crippen LogP contribution in [0.4, 0.5) is 4.39 Å². The zero-order chi connectivity index (χ0) is 7.28. The van der Waals surface area contributed by atoms with E-state index >= 15 is 0 Å². The van der Waals surface area contributed by atoms with E-state index in [1.807, 2.05) is 0 Å². The Labute approximate surface area is 53.4 Å². The van der Waals surface area contributed by atoms with Gasteiger partial charge in [-0.05, 0) is 6.82 Å². The minimum atomic E-state index is -1.51. The van der Waals surface area contributed by atoms with E-state index < -0.39 is 13.2 Å². The molecule has 0 spiro atoms. The Hall–Kier alpha value is -0.415. The second-order valence-electron chi connectivity index (χ2n) is 1.74. The Morgan fingerprint density at radius 1 is 2.00 bits per heavy atom. The molecular formula is C4H9BFNO2. The third kappa shape index (κ3) is 5.46. The van der Waals surface area contributed by atoms with Gasteiger partial charge in [0.1, 0.15) is 0 Å². The van der Waals surface area contributed by atoms with Crippen LogP contribution in [0.1, 0.15) is 0 Å². The van der Waals surface area contributed by atoms with Crippen molar-refractivity contribution in [1.82, 2.24) is 5.23 Å². The van der Waals surface area contributed by atoms with Crippen LogP contribution in [0.3, 0.4) is 0 Å². The number of carbonyl (C=O) groups is 1. The molecule has 0 fully saturated rings. The van der Waals surface area contributed by atoms with Crippen LogP contribution < -0.4 is 5.23 Å². The number of aldehydes is 1. The van der Waals surface area contributed by atoms with Crippen LogP contribution in [0, 0.1) is 0 Å². The molecule has 0 unspecified atom stereocenters. The van der Waals surface area contributed by atoms with Crippen molar-refractivity contribution in [3.05, 3.63) is 0 Å². The number of hydrogen-bond donors (Lipinski definition) is 2. The highest BCUT2D eigenvalue weighted by Gasteiger charge is 2.06. The van der Waals surface area contributed by atoms with Gasteiger partial charge in [0.2, 0.25) is 0 Å². The first kappa shape index (κ1) is 8.58. The van der Waals surface area contributed by atoms with Crippen LogP contribution in [0.15, 0.2) is 0 Å². The van der Waals surface area contributed by atoms with Gasteiger partial charge in [-0.1, -0.05) is 0 Å². The smallest absolute Gasteiger partial charge is 0.373 e. The second-order valence-corrected chi connectivity index (χ2v) is 1.74. The second kappa shape index (κ2) is 4.46. The van der Waals surface area contributed by atoms with E-state index in [1.54, 1.807) is 0 Å². The molecule has 0 amide bonds. The van der Waals surface area contributed by atoms with Crippen molar-refractivity contribution in [2.75, 3.05) is 6.54 Å². The van der Waals surface area contributed by atoms with Crippen LogP contribution in [0.5, 0.6) is 0 Å². The third-order valence-corrected chi connectivity index (χ3v) is 0.756. The maximum absolute atomic E-state index is 12.0. The van der Waals surface area contributed by atoms with Crippen LogP contribution in [-0.2, 0) is 4.79 Å². The van der Waals surface area contributed by atoms with Crippen molar-refractivity contribution in [2.45, 2.75) is 13.0 Å². The van der Waals surface area contributed by atoms with Crippen molar-refractivity contribution in [3.63, 3.8) is 0 Å². The van der Waals surface area contributed by atoms with E-state index in [1.165, 1.54) is 6.82 Å². The predicted octanol–water partition coefficient (Wildman–Crippen LogP) is -0.777. The summed E-state index contributed by atoms with van der Waals surface area (Å²) in [6, 6.07) is 0. The molecule has 0 heterocycles. The van der Waals surface area contributed by atoms with E-state index in [2.05, 4.69) is 5.23 Å². The molecule has 0 aliphatic rings. The minimum Gasteiger partial charge on any atom is -0.437 e. The predicted molar refractivity (Wildman–Crippen MR) is 32.8 cm³/mol. The summed E-state index contributed by atoms with van der Waals surface area (Å²) in [6.45, 7) is 1.33. The molecule has 0 radical (unpaired) electrons. The summed E-state index contributed by atoms with van der Waals surface area (Å²) in [5.74, 6) is 0. The zero-order valence-corrected chi connectivity index (χ0v) is 5.17. The highest BCUT2D eigenvalue weighted by molar-refractivity contribution is 6.45. The molecule has 0 aromatic heterocycles. The minimum absolute atomic E-state index is 0.124. The van der Waals surface area contributed by atoms with Crippen LogP contribution >= 0.6 is 0 Å². The third-order valence-electron chi connectivity index (χ3n) is 0.756. The molecule has 1 atom stereocenters. The van der Waals surface area contributed by atoms with Crippen LogP contribution in [0.25, 0.3) is 0 Å². The Kier molecular flexibility index (Phi) is 4.26. The van der Waals surface area contributed by atoms with Crippen LogP contribution in [-0.4, -0.2) is 31.1 Å². The number of carbonyl (C=O) groups excluding carboxylic acids is 1. The van der Waals surface area contributed by atoms with E-state index in [0.717, 1.165) is 0 Å². The summed E-state index contributed by atoms with van der Waals surface area (Å²) < 4.78 is 12.0. The molecular weight excluding hydrogens is 124 g/mol. The first-order valence-corrected chi connectivity index (χ1v) is 2.67. The Morgan fingerprint density at radius 3 is 2.89 bits per heavy atom. The molecule has 0 aliphatic carbocycles. The van der Waals surface area contributed by atoms with E-state index in [9.17, 15) is 9.18 Å². The Bertz CT molecular complexity index is 90.6. The molecule has 9 heavy (non-hydrogen) atoms. The first-order valence-electron chi connectivity index (χ1n) is 2.67. The zero-order valence-electron chi connectivity index (χ0n) is 5.17. The van der Waals surface area contributed by atoms with Gasteiger partial charge in [0, 0.05) is 6.54 Å². The summed E-state index contributed by atoms with van der Waals surface area (Å²) in [5, 5.41) is 10.8. The van der Waals surface area contributed by atoms with Crippen molar-refractivity contribution in [3.8, 4) is 0 Å². The molecule has 0 bridgehead atoms. The monoisotopic (exact) mass is 133 g/mol. The Morgan fingerprint density at radius 2 is 2.56 bits per heavy atom. The highest BCUT2D eigenvalue weighted by Crippen LogP contribution is 1.80. The molecule has 5 heteroatoms. The number of alkyl halides is 1. The first-order chi connectivity index (χ1) is 4.16. The molecule has 0 aliphatic heterocycles. The average molecular weight is 133 g/mol. The fourth-order valence-corrected chi connectivity index (χ4v) is 0.331. The summed E-state index contributed by atoms with van der Waals surface area (Å²) in [7, 11) is -0.761. The molecule has 0 saturated heterocycles. The van der Waals surface area contributed by atoms with E-state index in [4.69, 9.17) is 5.02 Å². The lowest BCUT2D eigenvalue weighted by atomic mass is 9.89. The van der Waals surface area contributed by atoms with Gasteiger partial charge in [-0.25, -0.2) is 4.39 Å². The Balaban J connectivity index is 3.16. The van der Waals surface area contributed by atoms with E-state index in [-0.39, 0.29) is 12.8 Å². The van der Waals surface area contributed by atoms with Gasteiger partial charge >= 0.3 is 7.05 Å². The number of nitrogens with one attached hydrogen (secondary N) is 1. The van der Waals surface area contributed by atoms with E-state index in [0.29, 0.717) is 0 Å². The molecule has 0 aromatic rings. The number of rotatable bonds is 4. The molecule has 2 N–H and O–H groups in total. The van der Waals surface area contributed by atoms with Gasteiger partial charge in [-0.2, -0.15) is 0 Å². The summed E-state index contributed by atoms with van der Waals surface area (Å²) in [5.41, 5.74) is 0. The molecule has 0 saturated carbocycles. The SMILES string of the molecule is CB(O)NC[C@@H](F)C=O. The molecule has 0 rings (SSSR count). The highest BCUT2D eigenvalue weighted by atomic mass is 19.1. The summed E-state index contributed by atoms with van der Waals surface area (Å²) >= 11 is 0. The maximum atomic E-state index is 12.0. The number of hydrogen-bond acceptors (Lipinski definition) is 3.